The zero-order valence-electron chi connectivity index (χ0n) is 8.01. The highest BCUT2D eigenvalue weighted by atomic mass is 19.4. The van der Waals surface area contributed by atoms with Gasteiger partial charge in [-0.2, -0.15) is 48.3 Å². The van der Waals surface area contributed by atoms with Crippen LogP contribution in [0.2, 0.25) is 0 Å². The minimum Gasteiger partial charge on any atom is -0.369 e. The number of carbonyl (C=O) groups excluding carboxylic acids is 1. The predicted molar refractivity (Wildman–Crippen MR) is 33.1 cm³/mol. The molecule has 0 aliphatic heterocycles. The van der Waals surface area contributed by atoms with Gasteiger partial charge in [-0.3, -0.25) is 4.79 Å². The number of ketones is 1. The smallest absolute Gasteiger partial charge is 0.369 e. The molecule has 0 fully saturated rings. The van der Waals surface area contributed by atoms with Crippen LogP contribution in [0.4, 0.5) is 48.3 Å². The third-order valence-corrected chi connectivity index (χ3v) is 1.82. The van der Waals surface area contributed by atoms with Crippen LogP contribution in [-0.4, -0.2) is 40.9 Å². The van der Waals surface area contributed by atoms with E-state index in [4.69, 9.17) is 5.11 Å². The molecule has 0 atom stereocenters. The van der Waals surface area contributed by atoms with Crippen molar-refractivity contribution in [3.63, 3.8) is 0 Å². The maximum Gasteiger partial charge on any atom is 0.456 e. The van der Waals surface area contributed by atoms with Crippen LogP contribution in [0.3, 0.4) is 0 Å². The second kappa shape index (κ2) is 4.18. The first kappa shape index (κ1) is 17.9. The summed E-state index contributed by atoms with van der Waals surface area (Å²) < 4.78 is 131. The van der Waals surface area contributed by atoms with Gasteiger partial charge in [-0.1, -0.05) is 0 Å². The number of halogens is 11. The molecular formula is C6HF11O2. The Kier molecular flexibility index (Phi) is 3.93. The summed E-state index contributed by atoms with van der Waals surface area (Å²) in [7, 11) is 0. The van der Waals surface area contributed by atoms with Gasteiger partial charge in [-0.25, -0.2) is 0 Å². The van der Waals surface area contributed by atoms with Gasteiger partial charge in [0, 0.05) is 0 Å². The fraction of sp³-hybridized carbons (Fsp3) is 0.833. The zero-order chi connectivity index (χ0) is 16.1. The molecule has 0 bridgehead atoms. The minimum atomic E-state index is -7.27. The number of rotatable bonds is 2. The van der Waals surface area contributed by atoms with Crippen LogP contribution < -0.4 is 0 Å². The standard InChI is InChI=1S/C6HF11O2/c7-2(8,1(18)3(9,10)11)4(19,5(12,13)14)6(15,16)17/h19H. The van der Waals surface area contributed by atoms with E-state index in [0.717, 1.165) is 0 Å². The molecule has 0 unspecified atom stereocenters. The quantitative estimate of drug-likeness (QED) is 0.796. The molecule has 0 aromatic carbocycles. The number of hydrogen-bond donors (Lipinski definition) is 1. The first-order valence-corrected chi connectivity index (χ1v) is 3.76. The van der Waals surface area contributed by atoms with E-state index in [1.54, 1.807) is 0 Å². The third-order valence-electron chi connectivity index (χ3n) is 1.82. The summed E-state index contributed by atoms with van der Waals surface area (Å²) in [6, 6.07) is 0. The average molecular weight is 314 g/mol. The molecule has 114 valence electrons. The number of aliphatic hydroxyl groups is 1. The Hall–Kier alpha value is -1.14. The van der Waals surface area contributed by atoms with Gasteiger partial charge in [0.15, 0.2) is 0 Å². The fourth-order valence-corrected chi connectivity index (χ4v) is 0.859. The number of alkyl halides is 11. The van der Waals surface area contributed by atoms with E-state index in [1.807, 2.05) is 0 Å². The molecule has 0 saturated heterocycles. The summed E-state index contributed by atoms with van der Waals surface area (Å²) in [6.45, 7) is 0. The number of Topliss-reactive ketones (excluding diaryl/α,β-unsaturated/α-hetero) is 1. The summed E-state index contributed by atoms with van der Waals surface area (Å²) in [5.74, 6) is -11.9. The molecule has 0 saturated carbocycles. The van der Waals surface area contributed by atoms with Gasteiger partial charge in [0.05, 0.1) is 0 Å². The van der Waals surface area contributed by atoms with Crippen molar-refractivity contribution in [1.82, 2.24) is 0 Å². The van der Waals surface area contributed by atoms with Crippen molar-refractivity contribution >= 4 is 5.78 Å². The Labute approximate surface area is 95.3 Å². The Bertz CT molecular complexity index is 345. The lowest BCUT2D eigenvalue weighted by Crippen LogP contribution is -2.71. The van der Waals surface area contributed by atoms with E-state index in [2.05, 4.69) is 0 Å². The number of hydrogen-bond acceptors (Lipinski definition) is 2. The normalized spacial score (nSPS) is 15.6. The molecule has 0 aliphatic carbocycles. The minimum absolute atomic E-state index is 4.67. The fourth-order valence-electron chi connectivity index (χ4n) is 0.859. The topological polar surface area (TPSA) is 37.3 Å². The molecule has 0 radical (unpaired) electrons. The SMILES string of the molecule is O=C(C(F)(F)F)C(F)(F)C(O)(C(F)(F)F)C(F)(F)F. The molecule has 2 nitrogen and oxygen atoms in total. The average Bonchev–Trinajstić information content (AvgIpc) is 2.09. The molecule has 0 aliphatic rings. The molecular weight excluding hydrogens is 313 g/mol. The molecule has 0 aromatic heterocycles. The Morgan fingerprint density at radius 1 is 0.684 bits per heavy atom. The van der Waals surface area contributed by atoms with E-state index in [0.29, 0.717) is 0 Å². The molecule has 1 N–H and O–H groups in total. The van der Waals surface area contributed by atoms with Crippen LogP contribution in [0.15, 0.2) is 0 Å². The van der Waals surface area contributed by atoms with Gasteiger partial charge < -0.3 is 5.11 Å². The maximum absolute atomic E-state index is 12.6. The zero-order valence-corrected chi connectivity index (χ0v) is 8.01. The highest BCUT2D eigenvalue weighted by molar-refractivity contribution is 5.92. The van der Waals surface area contributed by atoms with Crippen LogP contribution in [0, 0.1) is 0 Å². The van der Waals surface area contributed by atoms with Crippen molar-refractivity contribution in [3.05, 3.63) is 0 Å². The summed E-state index contributed by atoms with van der Waals surface area (Å²) in [4.78, 5) is 9.99. The molecule has 0 spiro atoms. The van der Waals surface area contributed by atoms with Crippen LogP contribution in [-0.2, 0) is 4.79 Å². The lowest BCUT2D eigenvalue weighted by Gasteiger charge is -2.37. The predicted octanol–water partition coefficient (Wildman–Crippen LogP) is 2.61. The Morgan fingerprint density at radius 2 is 0.947 bits per heavy atom. The highest BCUT2D eigenvalue weighted by Crippen LogP contribution is 2.53. The van der Waals surface area contributed by atoms with Crippen LogP contribution >= 0.6 is 0 Å². The van der Waals surface area contributed by atoms with Gasteiger partial charge in [0.1, 0.15) is 0 Å². The largest absolute Gasteiger partial charge is 0.456 e. The van der Waals surface area contributed by atoms with E-state index < -0.39 is 35.8 Å². The summed E-state index contributed by atoms with van der Waals surface area (Å²) in [6.07, 6.45) is -21.3. The molecule has 13 heteroatoms. The van der Waals surface area contributed by atoms with Crippen LogP contribution in [0.5, 0.6) is 0 Å². The summed E-state index contributed by atoms with van der Waals surface area (Å²) in [5.41, 5.74) is -7.15. The van der Waals surface area contributed by atoms with Crippen molar-refractivity contribution in [2.45, 2.75) is 30.1 Å². The van der Waals surface area contributed by atoms with Gasteiger partial charge in [0.25, 0.3) is 0 Å². The molecule has 19 heavy (non-hydrogen) atoms. The highest BCUT2D eigenvalue weighted by Gasteiger charge is 2.86. The van der Waals surface area contributed by atoms with E-state index in [-0.39, 0.29) is 0 Å². The summed E-state index contributed by atoms with van der Waals surface area (Å²) >= 11 is 0. The van der Waals surface area contributed by atoms with Crippen molar-refractivity contribution in [2.75, 3.05) is 0 Å². The van der Waals surface area contributed by atoms with Gasteiger partial charge >= 0.3 is 35.8 Å². The van der Waals surface area contributed by atoms with Gasteiger partial charge in [-0.15, -0.1) is 0 Å². The molecule has 0 aromatic rings. The third kappa shape index (κ3) is 2.60. The maximum atomic E-state index is 12.6. The van der Waals surface area contributed by atoms with Crippen molar-refractivity contribution in [2.24, 2.45) is 0 Å². The molecule has 0 amide bonds. The van der Waals surface area contributed by atoms with Crippen molar-refractivity contribution in [1.29, 1.82) is 0 Å². The van der Waals surface area contributed by atoms with E-state index >= 15 is 0 Å². The summed E-state index contributed by atoms with van der Waals surface area (Å²) in [5, 5.41) is 8.02. The van der Waals surface area contributed by atoms with Crippen LogP contribution in [0.25, 0.3) is 0 Å². The monoisotopic (exact) mass is 314 g/mol. The Morgan fingerprint density at radius 3 is 1.11 bits per heavy atom. The van der Waals surface area contributed by atoms with Gasteiger partial charge in [-0.05, 0) is 0 Å². The first-order valence-electron chi connectivity index (χ1n) is 3.76. The van der Waals surface area contributed by atoms with Crippen molar-refractivity contribution in [3.8, 4) is 0 Å². The first-order chi connectivity index (χ1) is 7.90. The second-order valence-electron chi connectivity index (χ2n) is 3.11. The van der Waals surface area contributed by atoms with Gasteiger partial charge in [0.2, 0.25) is 0 Å². The lowest BCUT2D eigenvalue weighted by molar-refractivity contribution is -0.415. The van der Waals surface area contributed by atoms with Crippen LogP contribution in [0.1, 0.15) is 0 Å². The van der Waals surface area contributed by atoms with E-state index in [1.165, 1.54) is 0 Å². The number of carbonyl (C=O) groups is 1. The Balaban J connectivity index is 6.15. The molecule has 0 rings (SSSR count). The second-order valence-corrected chi connectivity index (χ2v) is 3.11. The van der Waals surface area contributed by atoms with E-state index in [9.17, 15) is 53.1 Å². The molecule has 0 heterocycles. The van der Waals surface area contributed by atoms with Crippen molar-refractivity contribution < 1.29 is 58.2 Å². The lowest BCUT2D eigenvalue weighted by atomic mass is 9.90.